The summed E-state index contributed by atoms with van der Waals surface area (Å²) in [6.07, 6.45) is 2.23. The topological polar surface area (TPSA) is 83.4 Å². The molecule has 7 nitrogen and oxygen atoms in total. The lowest BCUT2D eigenvalue weighted by molar-refractivity contribution is -0.140. The first-order valence-corrected chi connectivity index (χ1v) is 9.47. The van der Waals surface area contributed by atoms with Gasteiger partial charge in [0, 0.05) is 10.9 Å². The normalized spacial score (nSPS) is 25.8. The van der Waals surface area contributed by atoms with Crippen molar-refractivity contribution < 1.29 is 14.4 Å². The summed E-state index contributed by atoms with van der Waals surface area (Å²) in [4.78, 5) is 30.0. The van der Waals surface area contributed by atoms with Crippen molar-refractivity contribution in [2.75, 3.05) is 5.01 Å². The maximum Gasteiger partial charge on any atom is 0.377 e. The number of benzene rings is 2. The molecule has 1 amide bonds. The summed E-state index contributed by atoms with van der Waals surface area (Å²) >= 11 is 6.03. The number of hydrazine groups is 1. The maximum atomic E-state index is 12.5. The quantitative estimate of drug-likeness (QED) is 0.760. The van der Waals surface area contributed by atoms with E-state index < -0.39 is 11.9 Å². The number of hydrogen-bond acceptors (Lipinski definition) is 6. The number of halogens is 1. The smallest absolute Gasteiger partial charge is 0.345 e. The van der Waals surface area contributed by atoms with Crippen LogP contribution in [0.2, 0.25) is 5.02 Å². The zero-order valence-corrected chi connectivity index (χ0v) is 15.8. The van der Waals surface area contributed by atoms with Crippen LogP contribution in [0.15, 0.2) is 87.9 Å². The van der Waals surface area contributed by atoms with E-state index in [2.05, 4.69) is 15.8 Å². The highest BCUT2D eigenvalue weighted by molar-refractivity contribution is 6.30. The lowest BCUT2D eigenvalue weighted by atomic mass is 9.75. The number of allylic oxidation sites excluding steroid dienone is 2. The highest BCUT2D eigenvalue weighted by atomic mass is 35.5. The molecule has 29 heavy (non-hydrogen) atoms. The number of rotatable bonds is 2. The molecule has 2 atom stereocenters. The van der Waals surface area contributed by atoms with Crippen LogP contribution in [0.4, 0.5) is 5.69 Å². The van der Waals surface area contributed by atoms with Gasteiger partial charge in [-0.25, -0.2) is 9.80 Å². The van der Waals surface area contributed by atoms with Gasteiger partial charge in [-0.3, -0.25) is 4.79 Å². The Balaban J connectivity index is 1.62. The molecule has 1 aliphatic carbocycles. The van der Waals surface area contributed by atoms with Crippen LogP contribution < -0.4 is 10.6 Å². The standard InChI is InChI=1S/C21H15ClN4O3/c22-14-8-6-12(7-9-14)16-10-13(11-17-18(16)20(27)24-23-17)19-21(28)29-25-26(19)15-4-2-1-3-5-15/h1-9,11,16,18,25H,10H2/b19-13-. The van der Waals surface area contributed by atoms with Gasteiger partial charge in [-0.05, 0) is 47.9 Å². The Bertz CT molecular complexity index is 1090. The maximum absolute atomic E-state index is 12.5. The largest absolute Gasteiger partial charge is 0.377 e. The van der Waals surface area contributed by atoms with E-state index in [0.717, 1.165) is 16.8 Å². The summed E-state index contributed by atoms with van der Waals surface area (Å²) in [5.74, 6) is -1.43. The molecule has 0 spiro atoms. The Hall–Kier alpha value is -3.29. The molecule has 0 bridgehead atoms. The second-order valence-electron chi connectivity index (χ2n) is 6.97. The Morgan fingerprint density at radius 2 is 1.79 bits per heavy atom. The monoisotopic (exact) mass is 406 g/mol. The average Bonchev–Trinajstić information content (AvgIpc) is 3.31. The van der Waals surface area contributed by atoms with Crippen molar-refractivity contribution in [1.82, 2.24) is 5.59 Å². The third-order valence-electron chi connectivity index (χ3n) is 5.28. The van der Waals surface area contributed by atoms with E-state index in [-0.39, 0.29) is 11.8 Å². The van der Waals surface area contributed by atoms with Gasteiger partial charge in [-0.1, -0.05) is 47.5 Å². The van der Waals surface area contributed by atoms with Gasteiger partial charge in [0.1, 0.15) is 0 Å². The Labute approximate surface area is 171 Å². The third-order valence-corrected chi connectivity index (χ3v) is 5.53. The van der Waals surface area contributed by atoms with Crippen molar-refractivity contribution in [3.63, 3.8) is 0 Å². The molecule has 0 aromatic heterocycles. The van der Waals surface area contributed by atoms with E-state index in [1.165, 1.54) is 0 Å². The van der Waals surface area contributed by atoms with Crippen molar-refractivity contribution >= 4 is 29.2 Å². The molecular formula is C21H15ClN4O3. The fourth-order valence-corrected chi connectivity index (χ4v) is 4.06. The Morgan fingerprint density at radius 3 is 2.55 bits per heavy atom. The van der Waals surface area contributed by atoms with E-state index in [0.29, 0.717) is 22.8 Å². The fourth-order valence-electron chi connectivity index (χ4n) is 3.94. The van der Waals surface area contributed by atoms with Gasteiger partial charge in [0.2, 0.25) is 0 Å². The number of carbonyl (C=O) groups is 2. The van der Waals surface area contributed by atoms with E-state index in [4.69, 9.17) is 16.4 Å². The highest BCUT2D eigenvalue weighted by Gasteiger charge is 2.43. The number of nitrogens with one attached hydrogen (secondary N) is 1. The molecule has 8 heteroatoms. The van der Waals surface area contributed by atoms with E-state index in [1.54, 1.807) is 23.2 Å². The van der Waals surface area contributed by atoms with Gasteiger partial charge >= 0.3 is 5.97 Å². The Morgan fingerprint density at radius 1 is 1.03 bits per heavy atom. The highest BCUT2D eigenvalue weighted by Crippen LogP contribution is 2.46. The van der Waals surface area contributed by atoms with Crippen molar-refractivity contribution in [2.45, 2.75) is 12.3 Å². The zero-order valence-electron chi connectivity index (χ0n) is 15.1. The minimum atomic E-state index is -0.490. The SMILES string of the molecule is O=C1ONN(c2ccccc2)/C1=C1\C=C2N=NC(=O)C2C(c2ccc(Cl)cc2)C1. The number of para-hydroxylation sites is 1. The van der Waals surface area contributed by atoms with Crippen molar-refractivity contribution in [2.24, 2.45) is 16.1 Å². The zero-order chi connectivity index (χ0) is 20.0. The van der Waals surface area contributed by atoms with Crippen molar-refractivity contribution in [3.05, 3.63) is 88.2 Å². The molecule has 144 valence electrons. The first-order chi connectivity index (χ1) is 14.1. The van der Waals surface area contributed by atoms with Crippen LogP contribution in [0.1, 0.15) is 17.9 Å². The van der Waals surface area contributed by atoms with Crippen LogP contribution in [0, 0.1) is 5.92 Å². The molecule has 1 saturated heterocycles. The molecule has 5 rings (SSSR count). The summed E-state index contributed by atoms with van der Waals surface area (Å²) in [5, 5.41) is 10.0. The van der Waals surface area contributed by atoms with Gasteiger partial charge in [-0.2, -0.15) is 5.11 Å². The van der Waals surface area contributed by atoms with Gasteiger partial charge < -0.3 is 4.84 Å². The van der Waals surface area contributed by atoms with Crippen molar-refractivity contribution in [3.8, 4) is 0 Å². The lowest BCUT2D eigenvalue weighted by Crippen LogP contribution is -2.30. The number of hydrogen-bond donors (Lipinski definition) is 1. The van der Waals surface area contributed by atoms with E-state index in [1.807, 2.05) is 42.5 Å². The molecule has 2 heterocycles. The summed E-state index contributed by atoms with van der Waals surface area (Å²) in [5.41, 5.74) is 6.00. The van der Waals surface area contributed by atoms with Crippen LogP contribution in [0.5, 0.6) is 0 Å². The fraction of sp³-hybridized carbons (Fsp3) is 0.143. The van der Waals surface area contributed by atoms with Gasteiger partial charge in [-0.15, -0.1) is 5.11 Å². The van der Waals surface area contributed by atoms with Crippen LogP contribution in [0.25, 0.3) is 0 Å². The third kappa shape index (κ3) is 3.04. The molecule has 0 radical (unpaired) electrons. The average molecular weight is 407 g/mol. The molecule has 2 aliphatic heterocycles. The summed E-state index contributed by atoms with van der Waals surface area (Å²) in [6, 6.07) is 16.7. The summed E-state index contributed by atoms with van der Waals surface area (Å²) in [7, 11) is 0. The first-order valence-electron chi connectivity index (χ1n) is 9.09. The molecule has 2 unspecified atom stereocenters. The van der Waals surface area contributed by atoms with Crippen LogP contribution in [-0.4, -0.2) is 11.9 Å². The summed E-state index contributed by atoms with van der Waals surface area (Å²) in [6.45, 7) is 0. The molecule has 3 aliphatic rings. The number of carbonyl (C=O) groups excluding carboxylic acids is 2. The second-order valence-corrected chi connectivity index (χ2v) is 7.41. The van der Waals surface area contributed by atoms with Gasteiger partial charge in [0.15, 0.2) is 5.70 Å². The van der Waals surface area contributed by atoms with Crippen molar-refractivity contribution in [1.29, 1.82) is 0 Å². The van der Waals surface area contributed by atoms with Gasteiger partial charge in [0.05, 0.1) is 17.3 Å². The number of amides is 1. The molecule has 0 saturated carbocycles. The van der Waals surface area contributed by atoms with E-state index in [9.17, 15) is 9.59 Å². The molecule has 2 aromatic carbocycles. The predicted molar refractivity (Wildman–Crippen MR) is 105 cm³/mol. The molecule has 1 fully saturated rings. The number of azo groups is 1. The molecular weight excluding hydrogens is 392 g/mol. The number of anilines is 1. The number of fused-ring (bicyclic) bond motifs is 1. The predicted octanol–water partition coefficient (Wildman–Crippen LogP) is 4.06. The van der Waals surface area contributed by atoms with E-state index >= 15 is 0 Å². The van der Waals surface area contributed by atoms with Gasteiger partial charge in [0.25, 0.3) is 5.91 Å². The minimum Gasteiger partial charge on any atom is -0.345 e. The first kappa shape index (κ1) is 17.8. The lowest BCUT2D eigenvalue weighted by Gasteiger charge is -2.28. The molecule has 2 aromatic rings. The second kappa shape index (κ2) is 6.95. The molecule has 1 N–H and O–H groups in total. The van der Waals surface area contributed by atoms with Crippen LogP contribution in [-0.2, 0) is 14.4 Å². The van der Waals surface area contributed by atoms with Crippen LogP contribution in [0.3, 0.4) is 0 Å². The Kier molecular flexibility index (Phi) is 4.26. The summed E-state index contributed by atoms with van der Waals surface area (Å²) < 4.78 is 0. The number of nitrogens with zero attached hydrogens (tertiary/aromatic N) is 3. The minimum absolute atomic E-state index is 0.205. The van der Waals surface area contributed by atoms with Crippen LogP contribution >= 0.6 is 11.6 Å².